The van der Waals surface area contributed by atoms with Crippen molar-refractivity contribution in [2.45, 2.75) is 65.8 Å². The minimum Gasteiger partial charge on any atom is -0.459 e. The van der Waals surface area contributed by atoms with Crippen LogP contribution in [-0.4, -0.2) is 73.0 Å². The van der Waals surface area contributed by atoms with Crippen molar-refractivity contribution in [1.29, 1.82) is 0 Å². The molecule has 0 aromatic heterocycles. The summed E-state index contributed by atoms with van der Waals surface area (Å²) in [4.78, 5) is 12.6. The molecule has 6 nitrogen and oxygen atoms in total. The van der Waals surface area contributed by atoms with Crippen molar-refractivity contribution in [2.75, 3.05) is 56.2 Å². The quantitative estimate of drug-likeness (QED) is 0.144. The molecule has 2 aliphatic heterocycles. The fourth-order valence-corrected chi connectivity index (χ4v) is 6.83. The molecule has 0 amide bonds. The van der Waals surface area contributed by atoms with E-state index in [4.69, 9.17) is 14.5 Å². The highest BCUT2D eigenvalue weighted by atomic mass is 79.9. The molecule has 2 heterocycles. The van der Waals surface area contributed by atoms with Gasteiger partial charge in [0.15, 0.2) is 5.75 Å². The van der Waals surface area contributed by atoms with Crippen LogP contribution in [0.4, 0.5) is 11.4 Å². The van der Waals surface area contributed by atoms with Crippen molar-refractivity contribution in [2.24, 2.45) is 4.99 Å². The Hall–Kier alpha value is -2.45. The normalized spacial score (nSPS) is 18.7. The number of halogens is 1. The average molecular weight is 636 g/mol. The summed E-state index contributed by atoms with van der Waals surface area (Å²) < 4.78 is 13.4. The fourth-order valence-electron chi connectivity index (χ4n) is 6.60. The van der Waals surface area contributed by atoms with Crippen molar-refractivity contribution in [3.8, 4) is 5.75 Å². The molecule has 5 rings (SSSR count). The van der Waals surface area contributed by atoms with E-state index in [2.05, 4.69) is 127 Å². The first kappa shape index (κ1) is 31.0. The van der Waals surface area contributed by atoms with Gasteiger partial charge in [-0.15, -0.1) is 0 Å². The number of rotatable bonds is 13. The van der Waals surface area contributed by atoms with E-state index in [1.54, 1.807) is 0 Å². The van der Waals surface area contributed by atoms with E-state index in [0.29, 0.717) is 19.8 Å². The summed E-state index contributed by atoms with van der Waals surface area (Å²) in [6.07, 6.45) is 2.08. The van der Waals surface area contributed by atoms with E-state index in [1.807, 2.05) is 0 Å². The number of hydrogen-bond acceptors (Lipinski definition) is 6. The lowest BCUT2D eigenvalue weighted by molar-refractivity contribution is 0.0665. The lowest BCUT2D eigenvalue weighted by atomic mass is 9.77. The summed E-state index contributed by atoms with van der Waals surface area (Å²) in [5.74, 6) is 0.902. The second-order valence-electron chi connectivity index (χ2n) is 11.8. The highest BCUT2D eigenvalue weighted by molar-refractivity contribution is 9.09. The first-order valence-corrected chi connectivity index (χ1v) is 16.7. The molecule has 42 heavy (non-hydrogen) atoms. The monoisotopic (exact) mass is 634 g/mol. The standard InChI is InChI=1S/C35H47BrN4O2/c1-7-38(8-2)23-26-15-16-30-31(21-26)40(18-20-41-19-17-36)35(34(30,5)6)25-37-32-29-14-12-11-13-27(29)22-28(33(32)42-35)24-39(9-3)10-4/h11-16,21-22,25H,7-10,17-20,23-24H2,1-6H3. The summed E-state index contributed by atoms with van der Waals surface area (Å²) in [7, 11) is 0. The van der Waals surface area contributed by atoms with Gasteiger partial charge in [0.25, 0.3) is 0 Å². The zero-order chi connectivity index (χ0) is 29.9. The van der Waals surface area contributed by atoms with Gasteiger partial charge in [-0.05, 0) is 68.7 Å². The zero-order valence-electron chi connectivity index (χ0n) is 26.3. The minimum absolute atomic E-state index is 0.356. The average Bonchev–Trinajstić information content (AvgIpc) is 3.18. The third kappa shape index (κ3) is 5.49. The number of fused-ring (bicyclic) bond motifs is 4. The molecule has 1 atom stereocenters. The van der Waals surface area contributed by atoms with Crippen LogP contribution in [0, 0.1) is 0 Å². The molecule has 0 radical (unpaired) electrons. The smallest absolute Gasteiger partial charge is 0.229 e. The van der Waals surface area contributed by atoms with E-state index < -0.39 is 5.72 Å². The highest BCUT2D eigenvalue weighted by Crippen LogP contribution is 2.55. The van der Waals surface area contributed by atoms with Crippen LogP contribution in [0.3, 0.4) is 0 Å². The van der Waals surface area contributed by atoms with Gasteiger partial charge in [0.1, 0.15) is 5.69 Å². The number of nitrogens with zero attached hydrogens (tertiary/aromatic N) is 4. The Kier molecular flexibility index (Phi) is 9.63. The molecular formula is C35H47BrN4O2. The maximum atomic E-state index is 7.41. The molecule has 1 unspecified atom stereocenters. The Bertz CT molecular complexity index is 1420. The molecular weight excluding hydrogens is 588 g/mol. The van der Waals surface area contributed by atoms with Gasteiger partial charge in [0.05, 0.1) is 24.8 Å². The number of aliphatic imine (C=N–C) groups is 1. The summed E-state index contributed by atoms with van der Waals surface area (Å²) in [6, 6.07) is 17.8. The molecule has 0 saturated carbocycles. The van der Waals surface area contributed by atoms with Crippen LogP contribution in [0.1, 0.15) is 58.2 Å². The number of hydrogen-bond donors (Lipinski definition) is 0. The van der Waals surface area contributed by atoms with E-state index in [-0.39, 0.29) is 5.41 Å². The third-order valence-electron chi connectivity index (χ3n) is 9.27. The predicted octanol–water partition coefficient (Wildman–Crippen LogP) is 7.52. The molecule has 0 N–H and O–H groups in total. The van der Waals surface area contributed by atoms with Crippen LogP contribution >= 0.6 is 15.9 Å². The van der Waals surface area contributed by atoms with Crippen molar-refractivity contribution >= 4 is 44.3 Å². The van der Waals surface area contributed by atoms with Crippen molar-refractivity contribution < 1.29 is 9.47 Å². The predicted molar refractivity (Wildman–Crippen MR) is 180 cm³/mol. The molecule has 0 bridgehead atoms. The van der Waals surface area contributed by atoms with E-state index in [1.165, 1.54) is 27.8 Å². The van der Waals surface area contributed by atoms with Gasteiger partial charge < -0.3 is 14.4 Å². The van der Waals surface area contributed by atoms with Crippen LogP contribution in [0.2, 0.25) is 0 Å². The summed E-state index contributed by atoms with van der Waals surface area (Å²) in [6.45, 7) is 21.3. The molecule has 0 fully saturated rings. The summed E-state index contributed by atoms with van der Waals surface area (Å²) in [5, 5.41) is 3.15. The van der Waals surface area contributed by atoms with E-state index >= 15 is 0 Å². The Morgan fingerprint density at radius 3 is 2.33 bits per heavy atom. The Morgan fingerprint density at radius 2 is 1.62 bits per heavy atom. The van der Waals surface area contributed by atoms with E-state index in [0.717, 1.165) is 61.4 Å². The Labute approximate surface area is 260 Å². The topological polar surface area (TPSA) is 40.5 Å². The van der Waals surface area contributed by atoms with Crippen LogP contribution in [-0.2, 0) is 23.2 Å². The maximum Gasteiger partial charge on any atom is 0.229 e. The van der Waals surface area contributed by atoms with Crippen molar-refractivity contribution in [1.82, 2.24) is 9.80 Å². The first-order valence-electron chi connectivity index (χ1n) is 15.6. The summed E-state index contributed by atoms with van der Waals surface area (Å²) >= 11 is 3.51. The molecule has 0 aliphatic carbocycles. The summed E-state index contributed by atoms with van der Waals surface area (Å²) in [5.41, 5.74) is 4.80. The SMILES string of the molecule is CCN(CC)Cc1ccc2c(c1)N(CCOCCBr)C1(C=Nc3c(c(CN(CC)CC)cc4ccccc34)O1)C2(C)C. The second kappa shape index (κ2) is 13.0. The van der Waals surface area contributed by atoms with Crippen LogP contribution in [0.5, 0.6) is 5.75 Å². The van der Waals surface area contributed by atoms with Crippen LogP contribution in [0.25, 0.3) is 10.8 Å². The van der Waals surface area contributed by atoms with Gasteiger partial charge in [0, 0.05) is 41.6 Å². The molecule has 226 valence electrons. The van der Waals surface area contributed by atoms with Gasteiger partial charge in [-0.2, -0.15) is 0 Å². The zero-order valence-corrected chi connectivity index (χ0v) is 27.8. The largest absolute Gasteiger partial charge is 0.459 e. The van der Waals surface area contributed by atoms with Gasteiger partial charge in [-0.1, -0.05) is 80.0 Å². The van der Waals surface area contributed by atoms with Crippen LogP contribution in [0.15, 0.2) is 53.5 Å². The molecule has 2 aliphatic rings. The van der Waals surface area contributed by atoms with E-state index in [9.17, 15) is 0 Å². The van der Waals surface area contributed by atoms with Gasteiger partial charge in [0.2, 0.25) is 5.72 Å². The minimum atomic E-state index is -0.783. The third-order valence-corrected chi connectivity index (χ3v) is 9.59. The lowest BCUT2D eigenvalue weighted by Crippen LogP contribution is -2.63. The van der Waals surface area contributed by atoms with Gasteiger partial charge >= 0.3 is 0 Å². The number of anilines is 1. The fraction of sp³-hybridized carbons (Fsp3) is 0.514. The molecule has 3 aromatic carbocycles. The van der Waals surface area contributed by atoms with Gasteiger partial charge in [-0.25, -0.2) is 0 Å². The maximum absolute atomic E-state index is 7.41. The number of benzene rings is 3. The molecule has 0 saturated heterocycles. The molecule has 3 aromatic rings. The number of ether oxygens (including phenoxy) is 2. The molecule has 1 spiro atoms. The molecule has 7 heteroatoms. The van der Waals surface area contributed by atoms with Crippen molar-refractivity contribution in [3.63, 3.8) is 0 Å². The first-order chi connectivity index (χ1) is 20.3. The Morgan fingerprint density at radius 1 is 0.905 bits per heavy atom. The van der Waals surface area contributed by atoms with Gasteiger partial charge in [-0.3, -0.25) is 14.8 Å². The lowest BCUT2D eigenvalue weighted by Gasteiger charge is -2.47. The second-order valence-corrected chi connectivity index (χ2v) is 12.6. The number of alkyl halides is 1. The highest BCUT2D eigenvalue weighted by Gasteiger charge is 2.60. The Balaban J connectivity index is 1.64. The van der Waals surface area contributed by atoms with Crippen molar-refractivity contribution in [3.05, 3.63) is 65.2 Å². The van der Waals surface area contributed by atoms with Crippen LogP contribution < -0.4 is 9.64 Å².